The van der Waals surface area contributed by atoms with E-state index >= 15 is 0 Å². The average molecular weight is 369 g/mol. The van der Waals surface area contributed by atoms with E-state index in [4.69, 9.17) is 10.8 Å². The second-order valence-electron chi connectivity index (χ2n) is 7.59. The normalized spacial score (nSPS) is 20.2. The summed E-state index contributed by atoms with van der Waals surface area (Å²) < 4.78 is 0. The van der Waals surface area contributed by atoms with E-state index in [2.05, 4.69) is 9.88 Å². The molecule has 1 saturated carbocycles. The Balaban J connectivity index is 1.68. The molecular formula is C20H23N3O4. The number of anilines is 1. The van der Waals surface area contributed by atoms with E-state index in [9.17, 15) is 14.7 Å². The van der Waals surface area contributed by atoms with E-state index < -0.39 is 22.8 Å². The number of hydrogen-bond donors (Lipinski definition) is 4. The molecule has 1 aromatic carbocycles. The van der Waals surface area contributed by atoms with Crippen molar-refractivity contribution in [1.82, 2.24) is 4.98 Å². The number of pyridine rings is 1. The third-order valence-electron chi connectivity index (χ3n) is 5.98. The van der Waals surface area contributed by atoms with Crippen molar-refractivity contribution in [3.63, 3.8) is 0 Å². The van der Waals surface area contributed by atoms with E-state index in [1.165, 1.54) is 12.8 Å². The maximum atomic E-state index is 12.1. The van der Waals surface area contributed by atoms with Gasteiger partial charge in [-0.3, -0.25) is 4.79 Å². The van der Waals surface area contributed by atoms with Crippen molar-refractivity contribution >= 4 is 11.7 Å². The quantitative estimate of drug-likeness (QED) is 0.654. The fourth-order valence-electron chi connectivity index (χ4n) is 4.14. The number of nitrogens with two attached hydrogens (primary N) is 1. The number of aromatic amines is 1. The number of aromatic carboxylic acids is 1. The molecule has 0 amide bonds. The van der Waals surface area contributed by atoms with Gasteiger partial charge in [0, 0.05) is 35.8 Å². The SMILES string of the molecule is CCc1c(-c2ccc(N3CC(N)C4(CC4)C3)cc2)[nH]c(=O)c(C(=O)O)c1O. The molecule has 1 aromatic heterocycles. The Bertz CT molecular complexity index is 960. The molecule has 2 heterocycles. The lowest BCUT2D eigenvalue weighted by Crippen LogP contribution is -2.30. The minimum absolute atomic E-state index is 0.209. The van der Waals surface area contributed by atoms with Crippen LogP contribution in [-0.4, -0.2) is 40.3 Å². The highest BCUT2D eigenvalue weighted by Gasteiger charge is 2.53. The molecule has 0 bridgehead atoms. The van der Waals surface area contributed by atoms with Crippen molar-refractivity contribution in [2.75, 3.05) is 18.0 Å². The number of carboxylic acids is 1. The number of carboxylic acid groups (broad SMARTS) is 1. The molecule has 27 heavy (non-hydrogen) atoms. The van der Waals surface area contributed by atoms with E-state index in [1.807, 2.05) is 24.3 Å². The molecule has 2 aromatic rings. The zero-order valence-electron chi connectivity index (χ0n) is 15.2. The van der Waals surface area contributed by atoms with Gasteiger partial charge in [0.05, 0.1) is 5.69 Å². The number of rotatable bonds is 4. The third kappa shape index (κ3) is 2.78. The van der Waals surface area contributed by atoms with Gasteiger partial charge in [-0.1, -0.05) is 19.1 Å². The predicted octanol–water partition coefficient (Wildman–Crippen LogP) is 1.94. The molecule has 1 unspecified atom stereocenters. The number of hydrogen-bond acceptors (Lipinski definition) is 5. The van der Waals surface area contributed by atoms with Crippen molar-refractivity contribution in [3.8, 4) is 17.0 Å². The summed E-state index contributed by atoms with van der Waals surface area (Å²) in [7, 11) is 0. The molecule has 1 saturated heterocycles. The number of aromatic nitrogens is 1. The highest BCUT2D eigenvalue weighted by atomic mass is 16.4. The highest BCUT2D eigenvalue weighted by Crippen LogP contribution is 2.52. The lowest BCUT2D eigenvalue weighted by atomic mass is 10.0. The molecule has 7 nitrogen and oxygen atoms in total. The van der Waals surface area contributed by atoms with Crippen LogP contribution in [0.1, 0.15) is 35.7 Å². The second kappa shape index (κ2) is 6.13. The zero-order chi connectivity index (χ0) is 19.3. The van der Waals surface area contributed by atoms with Gasteiger partial charge in [-0.15, -0.1) is 0 Å². The van der Waals surface area contributed by atoms with Gasteiger partial charge in [0.15, 0.2) is 5.56 Å². The molecule has 142 valence electrons. The largest absolute Gasteiger partial charge is 0.506 e. The number of benzene rings is 1. The first-order valence-corrected chi connectivity index (χ1v) is 9.18. The summed E-state index contributed by atoms with van der Waals surface area (Å²) in [6.45, 7) is 3.61. The van der Waals surface area contributed by atoms with Crippen molar-refractivity contribution in [2.24, 2.45) is 11.1 Å². The van der Waals surface area contributed by atoms with E-state index in [1.54, 1.807) is 6.92 Å². The Hall–Kier alpha value is -2.80. The number of carbonyl (C=O) groups is 1. The van der Waals surface area contributed by atoms with Gasteiger partial charge in [0.25, 0.3) is 5.56 Å². The van der Waals surface area contributed by atoms with Crippen LogP contribution in [0.25, 0.3) is 11.3 Å². The fraction of sp³-hybridized carbons (Fsp3) is 0.400. The van der Waals surface area contributed by atoms with Gasteiger partial charge in [0.2, 0.25) is 0 Å². The Morgan fingerprint density at radius 3 is 2.52 bits per heavy atom. The van der Waals surface area contributed by atoms with Crippen molar-refractivity contribution in [3.05, 3.63) is 45.7 Å². The first-order chi connectivity index (χ1) is 12.9. The topological polar surface area (TPSA) is 120 Å². The van der Waals surface area contributed by atoms with Crippen LogP contribution in [0.3, 0.4) is 0 Å². The summed E-state index contributed by atoms with van der Waals surface area (Å²) in [5.41, 5.74) is 7.81. The molecule has 2 aliphatic rings. The van der Waals surface area contributed by atoms with Crippen molar-refractivity contribution < 1.29 is 15.0 Å². The number of nitrogens with one attached hydrogen (secondary N) is 1. The van der Waals surface area contributed by atoms with Crippen LogP contribution in [0, 0.1) is 5.41 Å². The van der Waals surface area contributed by atoms with E-state index in [0.717, 1.165) is 24.3 Å². The maximum Gasteiger partial charge on any atom is 0.345 e. The smallest absolute Gasteiger partial charge is 0.345 e. The van der Waals surface area contributed by atoms with E-state index in [-0.39, 0.29) is 11.5 Å². The fourth-order valence-corrected chi connectivity index (χ4v) is 4.14. The summed E-state index contributed by atoms with van der Waals surface area (Å²) in [5, 5.41) is 19.4. The number of aromatic hydroxyl groups is 1. The van der Waals surface area contributed by atoms with Crippen LogP contribution in [-0.2, 0) is 6.42 Å². The summed E-state index contributed by atoms with van der Waals surface area (Å²) in [5.74, 6) is -1.90. The van der Waals surface area contributed by atoms with Crippen LogP contribution in [0.4, 0.5) is 5.69 Å². The highest BCUT2D eigenvalue weighted by molar-refractivity contribution is 5.92. The van der Waals surface area contributed by atoms with Gasteiger partial charge in [-0.05, 0) is 37.0 Å². The molecule has 0 radical (unpaired) electrons. The minimum atomic E-state index is -1.44. The zero-order valence-corrected chi connectivity index (χ0v) is 15.2. The minimum Gasteiger partial charge on any atom is -0.506 e. The van der Waals surface area contributed by atoms with Crippen LogP contribution in [0.5, 0.6) is 5.75 Å². The summed E-state index contributed by atoms with van der Waals surface area (Å²) >= 11 is 0. The molecule has 1 atom stereocenters. The average Bonchev–Trinajstić information content (AvgIpc) is 3.33. The Morgan fingerprint density at radius 1 is 1.33 bits per heavy atom. The van der Waals surface area contributed by atoms with Gasteiger partial charge in [-0.2, -0.15) is 0 Å². The van der Waals surface area contributed by atoms with Crippen molar-refractivity contribution in [1.29, 1.82) is 0 Å². The molecule has 1 spiro atoms. The summed E-state index contributed by atoms with van der Waals surface area (Å²) in [6, 6.07) is 7.92. The van der Waals surface area contributed by atoms with Crippen LogP contribution < -0.4 is 16.2 Å². The lowest BCUT2D eigenvalue weighted by molar-refractivity contribution is 0.0691. The summed E-state index contributed by atoms with van der Waals surface area (Å²) in [4.78, 5) is 28.3. The second-order valence-corrected chi connectivity index (χ2v) is 7.59. The molecule has 1 aliphatic heterocycles. The van der Waals surface area contributed by atoms with Crippen LogP contribution >= 0.6 is 0 Å². The monoisotopic (exact) mass is 369 g/mol. The van der Waals surface area contributed by atoms with Crippen LogP contribution in [0.2, 0.25) is 0 Å². The van der Waals surface area contributed by atoms with Crippen LogP contribution in [0.15, 0.2) is 29.1 Å². The molecule has 7 heteroatoms. The first-order valence-electron chi connectivity index (χ1n) is 9.18. The number of H-pyrrole nitrogens is 1. The predicted molar refractivity (Wildman–Crippen MR) is 102 cm³/mol. The molecule has 5 N–H and O–H groups in total. The first kappa shape index (κ1) is 17.6. The molecule has 1 aliphatic carbocycles. The van der Waals surface area contributed by atoms with Crippen molar-refractivity contribution in [2.45, 2.75) is 32.2 Å². The van der Waals surface area contributed by atoms with E-state index in [0.29, 0.717) is 17.7 Å². The van der Waals surface area contributed by atoms with Gasteiger partial charge < -0.3 is 25.8 Å². The van der Waals surface area contributed by atoms with Gasteiger partial charge in [0.1, 0.15) is 5.75 Å². The summed E-state index contributed by atoms with van der Waals surface area (Å²) in [6.07, 6.45) is 2.78. The maximum absolute atomic E-state index is 12.1. The van der Waals surface area contributed by atoms with Gasteiger partial charge in [-0.25, -0.2) is 4.79 Å². The lowest BCUT2D eigenvalue weighted by Gasteiger charge is -2.19. The third-order valence-corrected chi connectivity index (χ3v) is 5.98. The molecular weight excluding hydrogens is 346 g/mol. The molecule has 2 fully saturated rings. The Labute approximate surface area is 156 Å². The standard InChI is InChI=1S/C20H23N3O4/c1-2-13-16(22-18(25)15(17(13)24)19(26)27)11-3-5-12(6-4-11)23-9-14(21)20(10-23)7-8-20/h3-6,14H,2,7-10,21H2,1H3,(H,26,27)(H2,22,24,25). The Morgan fingerprint density at radius 2 is 2.00 bits per heavy atom. The molecule has 4 rings (SSSR count). The Kier molecular flexibility index (Phi) is 3.99. The number of nitrogens with zero attached hydrogens (tertiary/aromatic N) is 1. The van der Waals surface area contributed by atoms with Gasteiger partial charge >= 0.3 is 5.97 Å².